The zero-order chi connectivity index (χ0) is 7.98. The maximum absolute atomic E-state index is 10.6. The fourth-order valence-electron chi connectivity index (χ4n) is 0.503. The predicted molar refractivity (Wildman–Crippen MR) is 38.6 cm³/mol. The number of hydrogen-bond donors (Lipinski definition) is 1. The molecular formula is C7H13NO2. The van der Waals surface area contributed by atoms with E-state index in [2.05, 4.69) is 5.32 Å². The molecule has 58 valence electrons. The number of nitrogens with one attached hydrogen (secondary N) is 1. The van der Waals surface area contributed by atoms with E-state index in [9.17, 15) is 9.59 Å². The Morgan fingerprint density at radius 3 is 2.40 bits per heavy atom. The molecule has 0 radical (unpaired) electrons. The number of Topliss-reactive ketones (excluding diaryl/α,β-unsaturated/α-hetero) is 1. The van der Waals surface area contributed by atoms with E-state index in [1.165, 1.54) is 6.92 Å². The minimum Gasteiger partial charge on any atom is -0.350 e. The molecule has 0 fully saturated rings. The van der Waals surface area contributed by atoms with Crippen molar-refractivity contribution in [1.29, 1.82) is 0 Å². The Morgan fingerprint density at radius 1 is 1.40 bits per heavy atom. The highest BCUT2D eigenvalue weighted by molar-refractivity contribution is 6.35. The van der Waals surface area contributed by atoms with Crippen molar-refractivity contribution in [3.8, 4) is 0 Å². The van der Waals surface area contributed by atoms with Crippen LogP contribution in [0.2, 0.25) is 0 Å². The number of amides is 1. The van der Waals surface area contributed by atoms with Gasteiger partial charge >= 0.3 is 0 Å². The van der Waals surface area contributed by atoms with Crippen molar-refractivity contribution < 1.29 is 9.59 Å². The van der Waals surface area contributed by atoms with Crippen LogP contribution in [0.1, 0.15) is 26.7 Å². The normalized spacial score (nSPS) is 9.00. The lowest BCUT2D eigenvalue weighted by molar-refractivity contribution is -0.136. The summed E-state index contributed by atoms with van der Waals surface area (Å²) >= 11 is 0. The standard InChI is InChI=1S/C7H13NO2/c1-3-4-5-8-7(10)6(2)9/h3-5H2,1-2H3,(H,8,10). The maximum Gasteiger partial charge on any atom is 0.287 e. The van der Waals surface area contributed by atoms with Gasteiger partial charge in [-0.15, -0.1) is 0 Å². The molecule has 0 aromatic carbocycles. The van der Waals surface area contributed by atoms with E-state index in [1.54, 1.807) is 0 Å². The average Bonchev–Trinajstić information content (AvgIpc) is 1.88. The fourth-order valence-corrected chi connectivity index (χ4v) is 0.503. The summed E-state index contributed by atoms with van der Waals surface area (Å²) in [5.41, 5.74) is 0. The zero-order valence-electron chi connectivity index (χ0n) is 6.44. The van der Waals surface area contributed by atoms with Crippen LogP contribution in [0.15, 0.2) is 0 Å². The molecule has 0 bridgehead atoms. The number of ketones is 1. The Hall–Kier alpha value is -0.860. The summed E-state index contributed by atoms with van der Waals surface area (Å²) in [5.74, 6) is -0.899. The molecule has 0 saturated heterocycles. The predicted octanol–water partition coefficient (Wildman–Crippen LogP) is 0.492. The zero-order valence-corrected chi connectivity index (χ0v) is 6.44. The Labute approximate surface area is 60.8 Å². The van der Waals surface area contributed by atoms with Crippen LogP contribution in [-0.2, 0) is 9.59 Å². The summed E-state index contributed by atoms with van der Waals surface area (Å²) in [4.78, 5) is 20.9. The van der Waals surface area contributed by atoms with Gasteiger partial charge in [0.25, 0.3) is 5.91 Å². The van der Waals surface area contributed by atoms with Crippen molar-refractivity contribution in [1.82, 2.24) is 5.32 Å². The highest BCUT2D eigenvalue weighted by Crippen LogP contribution is 1.82. The average molecular weight is 143 g/mol. The van der Waals surface area contributed by atoms with Gasteiger partial charge in [-0.2, -0.15) is 0 Å². The van der Waals surface area contributed by atoms with Crippen molar-refractivity contribution in [2.75, 3.05) is 6.54 Å². The first-order valence-corrected chi connectivity index (χ1v) is 3.47. The first-order valence-electron chi connectivity index (χ1n) is 3.47. The first-order chi connectivity index (χ1) is 4.68. The molecule has 0 aromatic heterocycles. The maximum atomic E-state index is 10.6. The third kappa shape index (κ3) is 4.06. The summed E-state index contributed by atoms with van der Waals surface area (Å²) in [7, 11) is 0. The highest BCUT2D eigenvalue weighted by Gasteiger charge is 2.03. The Morgan fingerprint density at radius 2 is 2.00 bits per heavy atom. The summed E-state index contributed by atoms with van der Waals surface area (Å²) in [6.07, 6.45) is 1.96. The van der Waals surface area contributed by atoms with Gasteiger partial charge in [0.05, 0.1) is 0 Å². The van der Waals surface area contributed by atoms with Crippen molar-refractivity contribution in [2.24, 2.45) is 0 Å². The van der Waals surface area contributed by atoms with Crippen LogP contribution in [0, 0.1) is 0 Å². The first kappa shape index (κ1) is 9.14. The quantitative estimate of drug-likeness (QED) is 0.460. The molecule has 0 aliphatic rings. The minimum absolute atomic E-state index is 0.420. The molecule has 3 heteroatoms. The highest BCUT2D eigenvalue weighted by atomic mass is 16.2. The van der Waals surface area contributed by atoms with E-state index in [4.69, 9.17) is 0 Å². The molecule has 0 saturated carbocycles. The largest absolute Gasteiger partial charge is 0.350 e. The SMILES string of the molecule is CCCCNC(=O)C(C)=O. The van der Waals surface area contributed by atoms with E-state index in [0.29, 0.717) is 6.54 Å². The van der Waals surface area contributed by atoms with Crippen LogP contribution >= 0.6 is 0 Å². The van der Waals surface area contributed by atoms with Gasteiger partial charge in [-0.05, 0) is 6.42 Å². The van der Waals surface area contributed by atoms with Gasteiger partial charge in [0, 0.05) is 13.5 Å². The molecule has 0 aliphatic carbocycles. The van der Waals surface area contributed by atoms with E-state index in [1.807, 2.05) is 6.92 Å². The van der Waals surface area contributed by atoms with Crippen LogP contribution in [0.5, 0.6) is 0 Å². The molecule has 0 atom stereocenters. The van der Waals surface area contributed by atoms with E-state index in [-0.39, 0.29) is 0 Å². The summed E-state index contributed by atoms with van der Waals surface area (Å²) < 4.78 is 0. The molecule has 0 spiro atoms. The molecule has 10 heavy (non-hydrogen) atoms. The Bertz CT molecular complexity index is 132. The monoisotopic (exact) mass is 143 g/mol. The van der Waals surface area contributed by atoms with Gasteiger partial charge in [0.2, 0.25) is 5.78 Å². The molecule has 1 amide bonds. The molecule has 0 aromatic rings. The second-order valence-electron chi connectivity index (χ2n) is 2.17. The third-order valence-electron chi connectivity index (χ3n) is 1.14. The van der Waals surface area contributed by atoms with Crippen molar-refractivity contribution in [3.05, 3.63) is 0 Å². The number of rotatable bonds is 4. The lowest BCUT2D eigenvalue weighted by Crippen LogP contribution is -2.29. The lowest BCUT2D eigenvalue weighted by Gasteiger charge is -1.98. The summed E-state index contributed by atoms with van der Waals surface area (Å²) in [6, 6.07) is 0. The molecular weight excluding hydrogens is 130 g/mol. The number of hydrogen-bond acceptors (Lipinski definition) is 2. The van der Waals surface area contributed by atoms with Gasteiger partial charge in [0.1, 0.15) is 0 Å². The Balaban J connectivity index is 3.31. The molecule has 0 heterocycles. The third-order valence-corrected chi connectivity index (χ3v) is 1.14. The summed E-state index contributed by atoms with van der Waals surface area (Å²) in [5, 5.41) is 2.49. The topological polar surface area (TPSA) is 46.2 Å². The molecule has 0 unspecified atom stereocenters. The second-order valence-corrected chi connectivity index (χ2v) is 2.17. The van der Waals surface area contributed by atoms with Crippen LogP contribution in [0.3, 0.4) is 0 Å². The van der Waals surface area contributed by atoms with Crippen LogP contribution in [-0.4, -0.2) is 18.2 Å². The van der Waals surface area contributed by atoms with Gasteiger partial charge in [0.15, 0.2) is 0 Å². The van der Waals surface area contributed by atoms with Crippen molar-refractivity contribution in [2.45, 2.75) is 26.7 Å². The smallest absolute Gasteiger partial charge is 0.287 e. The number of carbonyl (C=O) groups is 2. The molecule has 3 nitrogen and oxygen atoms in total. The van der Waals surface area contributed by atoms with E-state index >= 15 is 0 Å². The second kappa shape index (κ2) is 4.97. The lowest BCUT2D eigenvalue weighted by atomic mass is 10.3. The van der Waals surface area contributed by atoms with Crippen LogP contribution in [0.4, 0.5) is 0 Å². The summed E-state index contributed by atoms with van der Waals surface area (Å²) in [6.45, 7) is 3.90. The van der Waals surface area contributed by atoms with Gasteiger partial charge in [-0.1, -0.05) is 13.3 Å². The number of unbranched alkanes of at least 4 members (excludes halogenated alkanes) is 1. The van der Waals surface area contributed by atoms with Gasteiger partial charge in [-0.3, -0.25) is 9.59 Å². The minimum atomic E-state index is -0.478. The number of carbonyl (C=O) groups excluding carboxylic acids is 2. The molecule has 0 aliphatic heterocycles. The molecule has 1 N–H and O–H groups in total. The fraction of sp³-hybridized carbons (Fsp3) is 0.714. The van der Waals surface area contributed by atoms with Crippen LogP contribution in [0.25, 0.3) is 0 Å². The Kier molecular flexibility index (Phi) is 4.54. The van der Waals surface area contributed by atoms with Gasteiger partial charge < -0.3 is 5.32 Å². The van der Waals surface area contributed by atoms with Gasteiger partial charge in [-0.25, -0.2) is 0 Å². The van der Waals surface area contributed by atoms with E-state index < -0.39 is 11.7 Å². The van der Waals surface area contributed by atoms with E-state index in [0.717, 1.165) is 12.8 Å². The van der Waals surface area contributed by atoms with Crippen molar-refractivity contribution in [3.63, 3.8) is 0 Å². The van der Waals surface area contributed by atoms with Crippen LogP contribution < -0.4 is 5.32 Å². The van der Waals surface area contributed by atoms with Crippen molar-refractivity contribution >= 4 is 11.7 Å². The molecule has 0 rings (SSSR count).